The number of carbonyl (C=O) groups excluding carboxylic acids is 1. The summed E-state index contributed by atoms with van der Waals surface area (Å²) in [5.74, 6) is 4.84. The van der Waals surface area contributed by atoms with Crippen molar-refractivity contribution in [2.75, 3.05) is 18.1 Å². The van der Waals surface area contributed by atoms with E-state index >= 15 is 0 Å². The molecule has 0 aliphatic carbocycles. The molecule has 0 saturated carbocycles. The van der Waals surface area contributed by atoms with E-state index in [9.17, 15) is 4.79 Å². The molecule has 1 aliphatic rings. The van der Waals surface area contributed by atoms with Crippen LogP contribution in [0.4, 0.5) is 0 Å². The van der Waals surface area contributed by atoms with Crippen LogP contribution in [0.25, 0.3) is 0 Å². The zero-order valence-corrected chi connectivity index (χ0v) is 10.6. The van der Waals surface area contributed by atoms with E-state index in [2.05, 4.69) is 23.5 Å². The summed E-state index contributed by atoms with van der Waals surface area (Å²) in [5, 5.41) is 6.23. The Morgan fingerprint density at radius 2 is 2.56 bits per heavy atom. The minimum absolute atomic E-state index is 0.0661. The second kappa shape index (κ2) is 7.59. The number of rotatable bonds is 5. The van der Waals surface area contributed by atoms with E-state index in [0.29, 0.717) is 12.5 Å². The highest BCUT2D eigenvalue weighted by atomic mass is 32.2. The third kappa shape index (κ3) is 4.91. The molecule has 2 N–H and O–H groups in total. The Hall–Kier alpha value is -0.660. The lowest BCUT2D eigenvalue weighted by Gasteiger charge is -2.23. The summed E-state index contributed by atoms with van der Waals surface area (Å²) in [6, 6.07) is 0.201. The first kappa shape index (κ1) is 13.4. The van der Waals surface area contributed by atoms with Crippen molar-refractivity contribution >= 4 is 17.7 Å². The number of carbonyl (C=O) groups is 1. The lowest BCUT2D eigenvalue weighted by molar-refractivity contribution is -0.121. The third-order valence-electron chi connectivity index (χ3n) is 2.54. The molecule has 90 valence electrons. The standard InChI is InChI=1S/C12H20N2OS/c1-3-5-10(4-2)14-12(15)8-11-9-16-7-6-13-11/h2,10-11,13H,3,5-9H2,1H3,(H,14,15). The molecule has 1 heterocycles. The first-order valence-corrected chi connectivity index (χ1v) is 6.98. The fourth-order valence-corrected chi connectivity index (χ4v) is 2.66. The van der Waals surface area contributed by atoms with Crippen LogP contribution in [0.3, 0.4) is 0 Å². The van der Waals surface area contributed by atoms with Gasteiger partial charge in [0.1, 0.15) is 0 Å². The monoisotopic (exact) mass is 240 g/mol. The van der Waals surface area contributed by atoms with Gasteiger partial charge in [0.2, 0.25) is 5.91 Å². The highest BCUT2D eigenvalue weighted by molar-refractivity contribution is 7.99. The Balaban J connectivity index is 2.26. The molecule has 4 heteroatoms. The second-order valence-electron chi connectivity index (χ2n) is 4.01. The van der Waals surface area contributed by atoms with Gasteiger partial charge < -0.3 is 10.6 Å². The van der Waals surface area contributed by atoms with Gasteiger partial charge >= 0.3 is 0 Å². The molecule has 1 fully saturated rings. The van der Waals surface area contributed by atoms with Crippen molar-refractivity contribution in [3.05, 3.63) is 0 Å². The maximum absolute atomic E-state index is 11.7. The van der Waals surface area contributed by atoms with Crippen LogP contribution in [0.2, 0.25) is 0 Å². The Kier molecular flexibility index (Phi) is 6.36. The SMILES string of the molecule is C#CC(CCC)NC(=O)CC1CSCCN1. The van der Waals surface area contributed by atoms with Gasteiger partial charge in [-0.1, -0.05) is 19.3 Å². The van der Waals surface area contributed by atoms with Gasteiger partial charge in [-0.2, -0.15) is 11.8 Å². The predicted octanol–water partition coefficient (Wildman–Crippen LogP) is 1.000. The highest BCUT2D eigenvalue weighted by Gasteiger charge is 2.17. The minimum Gasteiger partial charge on any atom is -0.342 e. The molecule has 3 nitrogen and oxygen atoms in total. The highest BCUT2D eigenvalue weighted by Crippen LogP contribution is 2.10. The average Bonchev–Trinajstić information content (AvgIpc) is 2.29. The van der Waals surface area contributed by atoms with Gasteiger partial charge in [0.15, 0.2) is 0 Å². The summed E-state index contributed by atoms with van der Waals surface area (Å²) in [4.78, 5) is 11.7. The summed E-state index contributed by atoms with van der Waals surface area (Å²) < 4.78 is 0. The van der Waals surface area contributed by atoms with Crippen LogP contribution in [0, 0.1) is 12.3 Å². The smallest absolute Gasteiger partial charge is 0.222 e. The molecule has 0 radical (unpaired) electrons. The summed E-state index contributed by atoms with van der Waals surface area (Å²) in [6.45, 7) is 3.06. The van der Waals surface area contributed by atoms with E-state index in [1.54, 1.807) is 0 Å². The molecule has 0 aromatic rings. The Morgan fingerprint density at radius 3 is 3.12 bits per heavy atom. The van der Waals surface area contributed by atoms with Crippen molar-refractivity contribution < 1.29 is 4.79 Å². The molecule has 0 spiro atoms. The Morgan fingerprint density at radius 1 is 1.75 bits per heavy atom. The van der Waals surface area contributed by atoms with Gasteiger partial charge in [0.25, 0.3) is 0 Å². The largest absolute Gasteiger partial charge is 0.342 e. The lowest BCUT2D eigenvalue weighted by atomic mass is 10.1. The van der Waals surface area contributed by atoms with Gasteiger partial charge in [-0.05, 0) is 6.42 Å². The van der Waals surface area contributed by atoms with Gasteiger partial charge in [-0.25, -0.2) is 0 Å². The molecule has 0 aromatic carbocycles. The molecular weight excluding hydrogens is 220 g/mol. The fourth-order valence-electron chi connectivity index (χ4n) is 1.71. The fraction of sp³-hybridized carbons (Fsp3) is 0.750. The molecule has 2 atom stereocenters. The third-order valence-corrected chi connectivity index (χ3v) is 3.67. The number of terminal acetylenes is 1. The van der Waals surface area contributed by atoms with Crippen molar-refractivity contribution in [1.82, 2.24) is 10.6 Å². The summed E-state index contributed by atoms with van der Waals surface area (Å²) >= 11 is 1.90. The van der Waals surface area contributed by atoms with Gasteiger partial charge in [0.05, 0.1) is 6.04 Å². The maximum atomic E-state index is 11.7. The van der Waals surface area contributed by atoms with Crippen LogP contribution in [0.1, 0.15) is 26.2 Å². The maximum Gasteiger partial charge on any atom is 0.222 e. The summed E-state index contributed by atoms with van der Waals surface area (Å²) in [5.41, 5.74) is 0. The van der Waals surface area contributed by atoms with Crippen molar-refractivity contribution in [3.63, 3.8) is 0 Å². The molecule has 1 rings (SSSR count). The zero-order chi connectivity index (χ0) is 11.8. The van der Waals surface area contributed by atoms with Crippen molar-refractivity contribution in [1.29, 1.82) is 0 Å². The van der Waals surface area contributed by atoms with Crippen molar-refractivity contribution in [2.45, 2.75) is 38.3 Å². The summed E-state index contributed by atoms with van der Waals surface area (Å²) in [6.07, 6.45) is 7.74. The quantitative estimate of drug-likeness (QED) is 0.704. The van der Waals surface area contributed by atoms with E-state index < -0.39 is 0 Å². The first-order chi connectivity index (χ1) is 7.76. The molecule has 1 saturated heterocycles. The molecule has 16 heavy (non-hydrogen) atoms. The van der Waals surface area contributed by atoms with E-state index in [-0.39, 0.29) is 11.9 Å². The van der Waals surface area contributed by atoms with Crippen LogP contribution in [0.5, 0.6) is 0 Å². The van der Waals surface area contributed by atoms with E-state index in [4.69, 9.17) is 6.42 Å². The predicted molar refractivity (Wildman–Crippen MR) is 69.4 cm³/mol. The van der Waals surface area contributed by atoms with Crippen LogP contribution >= 0.6 is 11.8 Å². The molecule has 1 aliphatic heterocycles. The lowest BCUT2D eigenvalue weighted by Crippen LogP contribution is -2.43. The van der Waals surface area contributed by atoms with Crippen LogP contribution < -0.4 is 10.6 Å². The van der Waals surface area contributed by atoms with Gasteiger partial charge in [-0.3, -0.25) is 4.79 Å². The average molecular weight is 240 g/mol. The number of thioether (sulfide) groups is 1. The van der Waals surface area contributed by atoms with Crippen LogP contribution in [-0.4, -0.2) is 36.0 Å². The molecule has 2 unspecified atom stereocenters. The number of nitrogens with one attached hydrogen (secondary N) is 2. The van der Waals surface area contributed by atoms with E-state index in [0.717, 1.165) is 30.9 Å². The minimum atomic E-state index is -0.103. The summed E-state index contributed by atoms with van der Waals surface area (Å²) in [7, 11) is 0. The van der Waals surface area contributed by atoms with Crippen LogP contribution in [0.15, 0.2) is 0 Å². The number of amides is 1. The van der Waals surface area contributed by atoms with Gasteiger partial charge in [0, 0.05) is 30.5 Å². The number of hydrogen-bond donors (Lipinski definition) is 2. The van der Waals surface area contributed by atoms with Crippen LogP contribution in [-0.2, 0) is 4.79 Å². The molecular formula is C12H20N2OS. The molecule has 0 aromatic heterocycles. The number of hydrogen-bond acceptors (Lipinski definition) is 3. The zero-order valence-electron chi connectivity index (χ0n) is 9.79. The van der Waals surface area contributed by atoms with E-state index in [1.807, 2.05) is 11.8 Å². The topological polar surface area (TPSA) is 41.1 Å². The Labute approximate surface area is 102 Å². The molecule has 0 bridgehead atoms. The van der Waals surface area contributed by atoms with E-state index in [1.165, 1.54) is 0 Å². The normalized spacial score (nSPS) is 22.1. The first-order valence-electron chi connectivity index (χ1n) is 5.83. The Bertz CT molecular complexity index is 256. The van der Waals surface area contributed by atoms with Crippen molar-refractivity contribution in [2.24, 2.45) is 0 Å². The second-order valence-corrected chi connectivity index (χ2v) is 5.16. The van der Waals surface area contributed by atoms with Gasteiger partial charge in [-0.15, -0.1) is 6.42 Å². The molecule has 1 amide bonds. The van der Waals surface area contributed by atoms with Crippen molar-refractivity contribution in [3.8, 4) is 12.3 Å².